The van der Waals surface area contributed by atoms with E-state index in [0.29, 0.717) is 17.9 Å². The summed E-state index contributed by atoms with van der Waals surface area (Å²) >= 11 is 0. The van der Waals surface area contributed by atoms with Crippen LogP contribution in [0, 0.1) is 5.82 Å². The van der Waals surface area contributed by atoms with Crippen molar-refractivity contribution in [3.63, 3.8) is 0 Å². The zero-order valence-corrected chi connectivity index (χ0v) is 13.1. The van der Waals surface area contributed by atoms with Crippen LogP contribution in [-0.4, -0.2) is 30.1 Å². The van der Waals surface area contributed by atoms with Crippen LogP contribution in [0.2, 0.25) is 0 Å². The van der Waals surface area contributed by atoms with Gasteiger partial charge in [0.25, 0.3) is 5.91 Å². The standard InChI is InChI=1S/C17H17FN2O4/c1-2-9-23-16(21)11-24-15-8-3-12(10-19-15)17(22)20-14-6-4-13(18)5-7-14/h3-8,10H,2,9,11H2,1H3,(H,20,22). The Bertz CT molecular complexity index is 687. The fourth-order valence-corrected chi connectivity index (χ4v) is 1.73. The minimum atomic E-state index is -0.475. The van der Waals surface area contributed by atoms with Gasteiger partial charge < -0.3 is 14.8 Å². The van der Waals surface area contributed by atoms with Crippen LogP contribution in [-0.2, 0) is 9.53 Å². The number of anilines is 1. The number of nitrogens with zero attached hydrogens (tertiary/aromatic N) is 1. The van der Waals surface area contributed by atoms with Crippen LogP contribution in [0.1, 0.15) is 23.7 Å². The van der Waals surface area contributed by atoms with Gasteiger partial charge in [-0.1, -0.05) is 6.92 Å². The Morgan fingerprint density at radius 1 is 1.17 bits per heavy atom. The minimum Gasteiger partial charge on any atom is -0.466 e. The van der Waals surface area contributed by atoms with Gasteiger partial charge in [0, 0.05) is 18.0 Å². The van der Waals surface area contributed by atoms with Crippen molar-refractivity contribution >= 4 is 17.6 Å². The fourth-order valence-electron chi connectivity index (χ4n) is 1.73. The maximum Gasteiger partial charge on any atom is 0.344 e. The number of carbonyl (C=O) groups is 2. The third-order valence-electron chi connectivity index (χ3n) is 2.91. The Morgan fingerprint density at radius 3 is 2.54 bits per heavy atom. The van der Waals surface area contributed by atoms with Gasteiger partial charge in [0.15, 0.2) is 6.61 Å². The monoisotopic (exact) mass is 332 g/mol. The van der Waals surface area contributed by atoms with E-state index >= 15 is 0 Å². The molecule has 0 radical (unpaired) electrons. The number of pyridine rings is 1. The van der Waals surface area contributed by atoms with Crippen LogP contribution in [0.25, 0.3) is 0 Å². The van der Waals surface area contributed by atoms with E-state index < -0.39 is 5.97 Å². The summed E-state index contributed by atoms with van der Waals surface area (Å²) < 4.78 is 22.9. The first-order chi connectivity index (χ1) is 11.6. The molecule has 24 heavy (non-hydrogen) atoms. The number of carbonyl (C=O) groups excluding carboxylic acids is 2. The Hall–Kier alpha value is -2.96. The number of ether oxygens (including phenoxy) is 2. The molecule has 0 aliphatic carbocycles. The lowest BCUT2D eigenvalue weighted by atomic mass is 10.2. The normalized spacial score (nSPS) is 10.1. The first kappa shape index (κ1) is 17.4. The van der Waals surface area contributed by atoms with Gasteiger partial charge in [-0.15, -0.1) is 0 Å². The highest BCUT2D eigenvalue weighted by Crippen LogP contribution is 2.12. The van der Waals surface area contributed by atoms with E-state index in [9.17, 15) is 14.0 Å². The average molecular weight is 332 g/mol. The number of rotatable bonds is 7. The van der Waals surface area contributed by atoms with E-state index in [1.165, 1.54) is 42.6 Å². The summed E-state index contributed by atoms with van der Waals surface area (Å²) in [7, 11) is 0. The van der Waals surface area contributed by atoms with Crippen molar-refractivity contribution in [3.05, 3.63) is 54.0 Å². The molecule has 0 fully saturated rings. The molecule has 0 spiro atoms. The van der Waals surface area contributed by atoms with Gasteiger partial charge in [0.2, 0.25) is 5.88 Å². The molecule has 1 aromatic heterocycles. The Labute approximate surface area is 138 Å². The molecule has 1 aromatic carbocycles. The van der Waals surface area contributed by atoms with Gasteiger partial charge in [-0.25, -0.2) is 14.2 Å². The van der Waals surface area contributed by atoms with Crippen molar-refractivity contribution in [2.24, 2.45) is 0 Å². The second-order valence-electron chi connectivity index (χ2n) is 4.86. The Morgan fingerprint density at radius 2 is 1.92 bits per heavy atom. The van der Waals surface area contributed by atoms with Crippen LogP contribution >= 0.6 is 0 Å². The van der Waals surface area contributed by atoms with Crippen molar-refractivity contribution in [1.82, 2.24) is 4.98 Å². The summed E-state index contributed by atoms with van der Waals surface area (Å²) in [5.41, 5.74) is 0.778. The van der Waals surface area contributed by atoms with Gasteiger partial charge in [-0.05, 0) is 36.8 Å². The van der Waals surface area contributed by atoms with Crippen molar-refractivity contribution in [3.8, 4) is 5.88 Å². The maximum atomic E-state index is 12.8. The van der Waals surface area contributed by atoms with Gasteiger partial charge in [-0.3, -0.25) is 4.79 Å². The molecular weight excluding hydrogens is 315 g/mol. The van der Waals surface area contributed by atoms with E-state index in [1.807, 2.05) is 6.92 Å². The van der Waals surface area contributed by atoms with Crippen LogP contribution in [0.4, 0.5) is 10.1 Å². The zero-order chi connectivity index (χ0) is 17.4. The molecule has 1 N–H and O–H groups in total. The lowest BCUT2D eigenvalue weighted by Gasteiger charge is -2.07. The summed E-state index contributed by atoms with van der Waals surface area (Å²) in [6.07, 6.45) is 2.06. The number of amides is 1. The molecule has 0 unspecified atom stereocenters. The molecule has 126 valence electrons. The van der Waals surface area contributed by atoms with E-state index in [0.717, 1.165) is 6.42 Å². The largest absolute Gasteiger partial charge is 0.466 e. The Balaban J connectivity index is 1.87. The second kappa shape index (κ2) is 8.61. The first-order valence-corrected chi connectivity index (χ1v) is 7.40. The van der Waals surface area contributed by atoms with Crippen molar-refractivity contribution in [2.75, 3.05) is 18.5 Å². The quantitative estimate of drug-likeness (QED) is 0.789. The molecular formula is C17H17FN2O4. The van der Waals surface area contributed by atoms with Crippen LogP contribution in [0.15, 0.2) is 42.6 Å². The van der Waals surface area contributed by atoms with Crippen molar-refractivity contribution < 1.29 is 23.5 Å². The minimum absolute atomic E-state index is 0.210. The molecule has 1 amide bonds. The molecule has 2 rings (SSSR count). The molecule has 2 aromatic rings. The predicted molar refractivity (Wildman–Crippen MR) is 85.3 cm³/mol. The third-order valence-corrected chi connectivity index (χ3v) is 2.91. The first-order valence-electron chi connectivity index (χ1n) is 7.40. The Kier molecular flexibility index (Phi) is 6.24. The lowest BCUT2D eigenvalue weighted by Crippen LogP contribution is -2.16. The van der Waals surface area contributed by atoms with E-state index in [2.05, 4.69) is 10.3 Å². The maximum absolute atomic E-state index is 12.8. The summed E-state index contributed by atoms with van der Waals surface area (Å²) in [4.78, 5) is 27.3. The summed E-state index contributed by atoms with van der Waals surface area (Å²) in [6, 6.07) is 8.41. The molecule has 7 heteroatoms. The predicted octanol–water partition coefficient (Wildman–Crippen LogP) is 2.81. The highest BCUT2D eigenvalue weighted by atomic mass is 19.1. The number of aromatic nitrogens is 1. The van der Waals surface area contributed by atoms with Gasteiger partial charge in [-0.2, -0.15) is 0 Å². The molecule has 6 nitrogen and oxygen atoms in total. The number of nitrogens with one attached hydrogen (secondary N) is 1. The van der Waals surface area contributed by atoms with Gasteiger partial charge >= 0.3 is 5.97 Å². The van der Waals surface area contributed by atoms with Crippen LogP contribution < -0.4 is 10.1 Å². The molecule has 0 saturated carbocycles. The van der Waals surface area contributed by atoms with Gasteiger partial charge in [0.05, 0.1) is 12.2 Å². The zero-order valence-electron chi connectivity index (χ0n) is 13.1. The van der Waals surface area contributed by atoms with E-state index in [-0.39, 0.29) is 24.2 Å². The van der Waals surface area contributed by atoms with Gasteiger partial charge in [0.1, 0.15) is 5.82 Å². The fraction of sp³-hybridized carbons (Fsp3) is 0.235. The molecule has 0 saturated heterocycles. The molecule has 0 aliphatic heterocycles. The third kappa shape index (κ3) is 5.35. The SMILES string of the molecule is CCCOC(=O)COc1ccc(C(=O)Nc2ccc(F)cc2)cn1. The number of hydrogen-bond acceptors (Lipinski definition) is 5. The number of hydrogen-bond donors (Lipinski definition) is 1. The number of esters is 1. The average Bonchev–Trinajstić information content (AvgIpc) is 2.60. The highest BCUT2D eigenvalue weighted by Gasteiger charge is 2.09. The van der Waals surface area contributed by atoms with Crippen LogP contribution in [0.5, 0.6) is 5.88 Å². The number of benzene rings is 1. The molecule has 0 aliphatic rings. The summed E-state index contributed by atoms with van der Waals surface area (Å²) in [5.74, 6) is -1.03. The molecule has 1 heterocycles. The van der Waals surface area contributed by atoms with Crippen LogP contribution in [0.3, 0.4) is 0 Å². The van der Waals surface area contributed by atoms with Crippen molar-refractivity contribution in [1.29, 1.82) is 0 Å². The second-order valence-corrected chi connectivity index (χ2v) is 4.86. The van der Waals surface area contributed by atoms with E-state index in [1.54, 1.807) is 0 Å². The lowest BCUT2D eigenvalue weighted by molar-refractivity contribution is -0.146. The van der Waals surface area contributed by atoms with Crippen molar-refractivity contribution in [2.45, 2.75) is 13.3 Å². The highest BCUT2D eigenvalue weighted by molar-refractivity contribution is 6.04. The van der Waals surface area contributed by atoms with E-state index in [4.69, 9.17) is 9.47 Å². The molecule has 0 bridgehead atoms. The smallest absolute Gasteiger partial charge is 0.344 e. The molecule has 0 atom stereocenters. The topological polar surface area (TPSA) is 77.5 Å². The number of halogens is 1. The summed E-state index contributed by atoms with van der Waals surface area (Å²) in [5, 5.41) is 2.62. The summed E-state index contributed by atoms with van der Waals surface area (Å²) in [6.45, 7) is 2.00.